The van der Waals surface area contributed by atoms with Crippen molar-refractivity contribution in [2.45, 2.75) is 358 Å². The summed E-state index contributed by atoms with van der Waals surface area (Å²) in [4.78, 5) is 0. The molecule has 10 aromatic rings. The molecule has 0 heterocycles. The zero-order valence-electron chi connectivity index (χ0n) is 79.8. The molecule has 10 aromatic carbocycles. The van der Waals surface area contributed by atoms with Crippen LogP contribution in [0.25, 0.3) is 55.6 Å². The molecule has 610 valence electrons. The Labute approximate surface area is 702 Å². The summed E-state index contributed by atoms with van der Waals surface area (Å²) in [6, 6.07) is 69.9. The Morgan fingerprint density at radius 1 is 0.157 bits per heavy atom. The van der Waals surface area contributed by atoms with Gasteiger partial charge in [-0.3, -0.25) is 0 Å². The maximum atomic E-state index is 2.45. The second kappa shape index (κ2) is 28.7. The monoisotopic (exact) mass is 1530 g/mol. The van der Waals surface area contributed by atoms with E-state index in [-0.39, 0.29) is 81.2 Å². The molecule has 0 aromatic heterocycles. The van der Waals surface area contributed by atoms with Crippen LogP contribution < -0.4 is 0 Å². The van der Waals surface area contributed by atoms with Gasteiger partial charge in [0.05, 0.1) is 0 Å². The zero-order chi connectivity index (χ0) is 86.0. The lowest BCUT2D eigenvalue weighted by Gasteiger charge is -2.30. The topological polar surface area (TPSA) is 0 Å². The number of hydrogen-bond acceptors (Lipinski definition) is 0. The molecule has 0 heteroatoms. The predicted molar refractivity (Wildman–Crippen MR) is 507 cm³/mol. The van der Waals surface area contributed by atoms with E-state index in [1.165, 1.54) is 167 Å². The molecule has 0 N–H and O–H groups in total. The van der Waals surface area contributed by atoms with Crippen LogP contribution in [-0.2, 0) is 81.2 Å². The second-order valence-corrected chi connectivity index (χ2v) is 48.1. The van der Waals surface area contributed by atoms with E-state index < -0.39 is 0 Å². The Bertz CT molecular complexity index is 5340. The number of hydrogen-bond donors (Lipinski definition) is 0. The molecule has 0 fully saturated rings. The first-order valence-corrected chi connectivity index (χ1v) is 43.7. The molecule has 0 radical (unpaired) electrons. The van der Waals surface area contributed by atoms with Gasteiger partial charge in [-0.1, -0.05) is 459 Å². The molecule has 0 amide bonds. The van der Waals surface area contributed by atoms with E-state index in [1.807, 2.05) is 0 Å². The van der Waals surface area contributed by atoms with Crippen molar-refractivity contribution in [2.24, 2.45) is 0 Å². The summed E-state index contributed by atoms with van der Waals surface area (Å²) in [5, 5.41) is 0. The van der Waals surface area contributed by atoms with Crippen LogP contribution in [0.3, 0.4) is 0 Å². The third-order valence-electron chi connectivity index (χ3n) is 26.8. The van der Waals surface area contributed by atoms with Crippen LogP contribution >= 0.6 is 0 Å². The average Bonchev–Trinajstić information content (AvgIpc) is 1.64. The Balaban J connectivity index is 0.000000142. The summed E-state index contributed by atoms with van der Waals surface area (Å²) in [7, 11) is 0. The van der Waals surface area contributed by atoms with Crippen molar-refractivity contribution in [1.82, 2.24) is 0 Å². The van der Waals surface area contributed by atoms with Gasteiger partial charge < -0.3 is 0 Å². The van der Waals surface area contributed by atoms with Gasteiger partial charge in [0, 0.05) is 27.1 Å². The summed E-state index contributed by atoms with van der Waals surface area (Å²) in [5.41, 5.74) is 45.9. The molecule has 0 unspecified atom stereocenters. The van der Waals surface area contributed by atoms with Gasteiger partial charge in [0.15, 0.2) is 0 Å². The summed E-state index contributed by atoms with van der Waals surface area (Å²) in [6.45, 7) is 92.9. The maximum Gasteiger partial charge on any atom is 0.0161 e. The maximum absolute atomic E-state index is 2.45. The third-order valence-corrected chi connectivity index (χ3v) is 26.8. The van der Waals surface area contributed by atoms with Crippen LogP contribution in [0.5, 0.6) is 0 Å². The van der Waals surface area contributed by atoms with Gasteiger partial charge in [0.2, 0.25) is 0 Å². The van der Waals surface area contributed by atoms with E-state index in [0.717, 1.165) is 0 Å². The molecule has 0 bridgehead atoms. The lowest BCUT2D eigenvalue weighted by molar-refractivity contribution is 0.556. The molecule has 0 atom stereocenters. The Morgan fingerprint density at radius 2 is 0.391 bits per heavy atom. The van der Waals surface area contributed by atoms with Crippen LogP contribution in [-0.4, -0.2) is 0 Å². The second-order valence-electron chi connectivity index (χ2n) is 48.1. The molecule has 15 rings (SSSR count). The van der Waals surface area contributed by atoms with Gasteiger partial charge in [-0.15, -0.1) is 0 Å². The van der Waals surface area contributed by atoms with E-state index in [1.54, 1.807) is 0 Å². The fourth-order valence-electron chi connectivity index (χ4n) is 19.6. The Morgan fingerprint density at radius 3 is 0.765 bits per heavy atom. The molecule has 0 nitrogen and oxygen atoms in total. The Kier molecular flexibility index (Phi) is 22.0. The van der Waals surface area contributed by atoms with Crippen molar-refractivity contribution in [3.63, 3.8) is 0 Å². The van der Waals surface area contributed by atoms with Crippen LogP contribution in [0.15, 0.2) is 182 Å². The lowest BCUT2D eigenvalue weighted by atomic mass is 9.73. The first-order chi connectivity index (χ1) is 52.2. The number of benzene rings is 10. The van der Waals surface area contributed by atoms with Crippen LogP contribution in [0.2, 0.25) is 0 Å². The zero-order valence-corrected chi connectivity index (χ0v) is 79.8. The summed E-state index contributed by atoms with van der Waals surface area (Å²) < 4.78 is 0. The van der Waals surface area contributed by atoms with E-state index >= 15 is 0 Å². The summed E-state index contributed by atoms with van der Waals surface area (Å²) >= 11 is 0. The quantitative estimate of drug-likeness (QED) is 0.142. The van der Waals surface area contributed by atoms with Crippen molar-refractivity contribution in [1.29, 1.82) is 0 Å². The van der Waals surface area contributed by atoms with Crippen molar-refractivity contribution < 1.29 is 0 Å². The molecular formula is C115H150. The highest BCUT2D eigenvalue weighted by Crippen LogP contribution is 2.59. The minimum absolute atomic E-state index is 0.0653. The van der Waals surface area contributed by atoms with E-state index in [2.05, 4.69) is 459 Å². The molecule has 0 aliphatic heterocycles. The van der Waals surface area contributed by atoms with Crippen molar-refractivity contribution in [3.05, 3.63) is 293 Å². The van der Waals surface area contributed by atoms with E-state index in [4.69, 9.17) is 0 Å². The largest absolute Gasteiger partial charge is 0.0616 e. The van der Waals surface area contributed by atoms with E-state index in [0.29, 0.717) is 0 Å². The summed E-state index contributed by atoms with van der Waals surface area (Å²) in [5.74, 6) is 0. The van der Waals surface area contributed by atoms with Crippen molar-refractivity contribution in [3.8, 4) is 55.6 Å². The minimum Gasteiger partial charge on any atom is -0.0616 e. The molecule has 5 aliphatic carbocycles. The average molecular weight is 1530 g/mol. The molecule has 115 heavy (non-hydrogen) atoms. The first kappa shape index (κ1) is 88.0. The van der Waals surface area contributed by atoms with Gasteiger partial charge >= 0.3 is 0 Å². The van der Waals surface area contributed by atoms with Gasteiger partial charge in [-0.25, -0.2) is 0 Å². The van der Waals surface area contributed by atoms with E-state index in [9.17, 15) is 0 Å². The summed E-state index contributed by atoms with van der Waals surface area (Å²) in [6.07, 6.45) is 0. The molecular weight excluding hydrogens is 1380 g/mol. The molecule has 0 spiro atoms. The smallest absolute Gasteiger partial charge is 0.0161 e. The fourth-order valence-corrected chi connectivity index (χ4v) is 19.6. The standard InChI is InChI=1S/5C23H30/c1-21(2,3)15-10-12-19-18(13-15)17-11-9-16(22(4,5)6)14-20(17)23(19,7)8;1-21(2,3)16-12-10-13-17-19(16)15-11-9-14-18(22(4,5)6)20(15)23(17,7)8;1-21(2,3)15-12-13-17-16(14-15)20-18(22(4,5)6)10-9-11-19(20)23(17,7)8;1-21(2,3)15-12-13-16-19(14-15)23(7,8)18-11-9-10-17(20(16)18)22(4,5)6;1-21(2,3)15-12-13-18-17(14-15)16-10-9-11-19(22(4,5)6)20(16)23(18,7)8/h5*9-14H,1-8H3. The normalized spacial score (nSPS) is 16.2. The number of fused-ring (bicyclic) bond motifs is 15. The Hall–Kier alpha value is -7.80. The number of rotatable bonds is 0. The fraction of sp³-hybridized carbons (Fsp3) is 0.478. The predicted octanol–water partition coefficient (Wildman–Crippen LogP) is 32.9. The first-order valence-electron chi connectivity index (χ1n) is 43.7. The molecule has 5 aliphatic rings. The SMILES string of the molecule is CC(C)(C)c1ccc2c(c1)-c1c(C(C)(C)C)cccc1C2(C)C.CC(C)(C)c1ccc2c(c1)-c1ccc(C(C)(C)C)cc1C2(C)C.CC(C)(C)c1ccc2c(c1)-c1cccc(C(C)(C)C)c1C2(C)C.CC(C)(C)c1ccc2c(c1)C(C)(C)c1cccc(C(C)(C)C)c1-2.CC(C)(C)c1cccc2c1-c1cccc(C(C)(C)C)c1C2(C)C. The van der Waals surface area contributed by atoms with Crippen LogP contribution in [0, 0.1) is 0 Å². The van der Waals surface area contributed by atoms with Crippen LogP contribution in [0.4, 0.5) is 0 Å². The minimum atomic E-state index is 0.0653. The third kappa shape index (κ3) is 16.2. The van der Waals surface area contributed by atoms with Gasteiger partial charge in [0.1, 0.15) is 0 Å². The van der Waals surface area contributed by atoms with Crippen LogP contribution in [0.1, 0.15) is 388 Å². The van der Waals surface area contributed by atoms with Gasteiger partial charge in [-0.2, -0.15) is 0 Å². The lowest BCUT2D eigenvalue weighted by Crippen LogP contribution is -2.23. The van der Waals surface area contributed by atoms with Gasteiger partial charge in [0.25, 0.3) is 0 Å². The molecule has 0 saturated carbocycles. The van der Waals surface area contributed by atoms with Crippen molar-refractivity contribution >= 4 is 0 Å². The highest BCUT2D eigenvalue weighted by atomic mass is 14.5. The highest BCUT2D eigenvalue weighted by Gasteiger charge is 2.46. The highest BCUT2D eigenvalue weighted by molar-refractivity contribution is 5.89. The van der Waals surface area contributed by atoms with Crippen molar-refractivity contribution in [2.75, 3.05) is 0 Å². The van der Waals surface area contributed by atoms with Gasteiger partial charge in [-0.05, 0) is 221 Å². The molecule has 0 saturated heterocycles.